The molecule has 0 aliphatic heterocycles. The lowest BCUT2D eigenvalue weighted by molar-refractivity contribution is 0.461. The Balaban J connectivity index is 1.72. The number of hydrogen-bond donors (Lipinski definition) is 2. The van der Waals surface area contributed by atoms with Gasteiger partial charge in [-0.05, 0) is 24.3 Å². The molecule has 2 N–H and O–H groups in total. The molecule has 0 unspecified atom stereocenters. The Hall–Kier alpha value is -1.95. The topological polar surface area (TPSA) is 66.5 Å². The summed E-state index contributed by atoms with van der Waals surface area (Å²) in [5.41, 5.74) is 2.98. The van der Waals surface area contributed by atoms with Gasteiger partial charge in [0.25, 0.3) is 0 Å². The van der Waals surface area contributed by atoms with Crippen LogP contribution < -0.4 is 5.32 Å². The van der Waals surface area contributed by atoms with Crippen molar-refractivity contribution >= 4 is 27.5 Å². The third-order valence-electron chi connectivity index (χ3n) is 4.01. The second kappa shape index (κ2) is 5.44. The normalized spacial score (nSPS) is 16.4. The van der Waals surface area contributed by atoms with E-state index in [9.17, 15) is 0 Å². The van der Waals surface area contributed by atoms with Gasteiger partial charge in [0.15, 0.2) is 0 Å². The molecular weight excluding hydrogens is 282 g/mol. The van der Waals surface area contributed by atoms with Crippen molar-refractivity contribution in [1.82, 2.24) is 20.2 Å². The molecule has 1 saturated carbocycles. The number of H-pyrrole nitrogens is 1. The minimum atomic E-state index is 0.507. The lowest BCUT2D eigenvalue weighted by Gasteiger charge is -2.22. The number of hydrogen-bond acceptors (Lipinski definition) is 5. The average Bonchev–Trinajstić information content (AvgIpc) is 3.19. The number of aromatic nitrogens is 4. The van der Waals surface area contributed by atoms with Crippen LogP contribution in [0.1, 0.15) is 32.1 Å². The zero-order chi connectivity index (χ0) is 14.1. The van der Waals surface area contributed by atoms with E-state index in [0.717, 1.165) is 27.4 Å². The van der Waals surface area contributed by atoms with Crippen molar-refractivity contribution in [2.24, 2.45) is 0 Å². The predicted molar refractivity (Wildman–Crippen MR) is 85.5 cm³/mol. The van der Waals surface area contributed by atoms with Crippen molar-refractivity contribution in [3.05, 3.63) is 23.8 Å². The third kappa shape index (κ3) is 2.51. The average molecular weight is 299 g/mol. The molecule has 1 aliphatic carbocycles. The summed E-state index contributed by atoms with van der Waals surface area (Å²) in [5, 5.41) is 12.5. The molecular formula is C15H17N5S. The largest absolute Gasteiger partial charge is 0.351 e. The van der Waals surface area contributed by atoms with Gasteiger partial charge in [0.1, 0.15) is 0 Å². The van der Waals surface area contributed by atoms with Gasteiger partial charge in [-0.1, -0.05) is 19.3 Å². The Morgan fingerprint density at radius 2 is 2.10 bits per heavy atom. The van der Waals surface area contributed by atoms with Crippen LogP contribution >= 0.6 is 11.3 Å². The highest BCUT2D eigenvalue weighted by atomic mass is 32.1. The Morgan fingerprint density at radius 3 is 2.90 bits per heavy atom. The summed E-state index contributed by atoms with van der Waals surface area (Å²) in [4.78, 5) is 9.40. The van der Waals surface area contributed by atoms with Gasteiger partial charge in [-0.3, -0.25) is 5.10 Å². The first-order chi connectivity index (χ1) is 10.4. The van der Waals surface area contributed by atoms with Crippen LogP contribution in [0.4, 0.5) is 5.95 Å². The predicted octanol–water partition coefficient (Wildman–Crippen LogP) is 3.83. The van der Waals surface area contributed by atoms with Gasteiger partial charge in [0, 0.05) is 17.8 Å². The van der Waals surface area contributed by atoms with Crippen LogP contribution in [0.25, 0.3) is 21.5 Å². The molecule has 3 heterocycles. The van der Waals surface area contributed by atoms with Gasteiger partial charge in [0.05, 0.1) is 22.1 Å². The number of anilines is 1. The van der Waals surface area contributed by atoms with Crippen LogP contribution in [0.2, 0.25) is 0 Å². The third-order valence-corrected chi connectivity index (χ3v) is 4.92. The second-order valence-corrected chi connectivity index (χ2v) is 6.41. The first-order valence-corrected chi connectivity index (χ1v) is 8.29. The first-order valence-electron chi connectivity index (χ1n) is 7.41. The summed E-state index contributed by atoms with van der Waals surface area (Å²) in [6.45, 7) is 0. The molecule has 5 nitrogen and oxygen atoms in total. The maximum absolute atomic E-state index is 4.74. The molecule has 0 aromatic carbocycles. The van der Waals surface area contributed by atoms with Gasteiger partial charge in [-0.2, -0.15) is 5.10 Å². The van der Waals surface area contributed by atoms with Crippen LogP contribution in [-0.4, -0.2) is 26.2 Å². The number of nitrogens with zero attached hydrogens (tertiary/aromatic N) is 3. The van der Waals surface area contributed by atoms with Crippen molar-refractivity contribution in [3.63, 3.8) is 0 Å². The monoisotopic (exact) mass is 299 g/mol. The van der Waals surface area contributed by atoms with Crippen molar-refractivity contribution in [2.75, 3.05) is 5.32 Å². The molecule has 0 saturated heterocycles. The van der Waals surface area contributed by atoms with Crippen LogP contribution in [0.15, 0.2) is 23.8 Å². The van der Waals surface area contributed by atoms with Crippen LogP contribution in [0.5, 0.6) is 0 Å². The van der Waals surface area contributed by atoms with E-state index in [1.807, 2.05) is 12.4 Å². The van der Waals surface area contributed by atoms with Gasteiger partial charge in [0.2, 0.25) is 5.95 Å². The molecule has 1 fully saturated rings. The number of thiophene rings is 1. The fraction of sp³-hybridized carbons (Fsp3) is 0.400. The van der Waals surface area contributed by atoms with E-state index in [-0.39, 0.29) is 0 Å². The minimum Gasteiger partial charge on any atom is -0.351 e. The number of nitrogens with one attached hydrogen (secondary N) is 2. The van der Waals surface area contributed by atoms with E-state index in [1.54, 1.807) is 11.3 Å². The zero-order valence-electron chi connectivity index (χ0n) is 11.7. The molecule has 6 heteroatoms. The van der Waals surface area contributed by atoms with E-state index in [0.29, 0.717) is 6.04 Å². The molecule has 3 aromatic rings. The molecule has 108 valence electrons. The fourth-order valence-electron chi connectivity index (χ4n) is 2.93. The summed E-state index contributed by atoms with van der Waals surface area (Å²) < 4.78 is 1.12. The summed E-state index contributed by atoms with van der Waals surface area (Å²) >= 11 is 1.67. The Kier molecular flexibility index (Phi) is 3.31. The summed E-state index contributed by atoms with van der Waals surface area (Å²) in [7, 11) is 0. The molecule has 21 heavy (non-hydrogen) atoms. The smallest absolute Gasteiger partial charge is 0.224 e. The maximum atomic E-state index is 4.74. The molecule has 0 radical (unpaired) electrons. The number of fused-ring (bicyclic) bond motifs is 1. The molecule has 0 bridgehead atoms. The first kappa shape index (κ1) is 12.8. The molecule has 4 rings (SSSR count). The maximum Gasteiger partial charge on any atom is 0.224 e. The second-order valence-electron chi connectivity index (χ2n) is 5.50. The summed E-state index contributed by atoms with van der Waals surface area (Å²) in [6, 6.07) is 2.56. The summed E-state index contributed by atoms with van der Waals surface area (Å²) in [6.07, 6.45) is 10.1. The van der Waals surface area contributed by atoms with E-state index in [1.165, 1.54) is 32.1 Å². The zero-order valence-corrected chi connectivity index (χ0v) is 12.5. The van der Waals surface area contributed by atoms with E-state index < -0.39 is 0 Å². The SMILES string of the molecule is c1cc2nc(NC3CCCCC3)nc(-c3cn[nH]c3)c2s1. The van der Waals surface area contributed by atoms with E-state index in [2.05, 4.69) is 31.9 Å². The quantitative estimate of drug-likeness (QED) is 0.771. The van der Waals surface area contributed by atoms with Gasteiger partial charge < -0.3 is 5.32 Å². The van der Waals surface area contributed by atoms with Gasteiger partial charge in [-0.25, -0.2) is 9.97 Å². The lowest BCUT2D eigenvalue weighted by Crippen LogP contribution is -2.23. The van der Waals surface area contributed by atoms with Crippen LogP contribution in [0.3, 0.4) is 0 Å². The molecule has 1 aliphatic rings. The summed E-state index contributed by atoms with van der Waals surface area (Å²) in [5.74, 6) is 0.740. The molecule has 0 atom stereocenters. The Labute approximate surface area is 126 Å². The highest BCUT2D eigenvalue weighted by Crippen LogP contribution is 2.31. The Bertz CT molecular complexity index is 728. The number of rotatable bonds is 3. The van der Waals surface area contributed by atoms with Crippen LogP contribution in [0, 0.1) is 0 Å². The molecule has 0 amide bonds. The van der Waals surface area contributed by atoms with Crippen LogP contribution in [-0.2, 0) is 0 Å². The lowest BCUT2D eigenvalue weighted by atomic mass is 9.96. The Morgan fingerprint density at radius 1 is 1.19 bits per heavy atom. The minimum absolute atomic E-state index is 0.507. The molecule has 3 aromatic heterocycles. The van der Waals surface area contributed by atoms with E-state index >= 15 is 0 Å². The highest BCUT2D eigenvalue weighted by molar-refractivity contribution is 7.17. The van der Waals surface area contributed by atoms with Crippen molar-refractivity contribution < 1.29 is 0 Å². The van der Waals surface area contributed by atoms with Crippen molar-refractivity contribution in [3.8, 4) is 11.3 Å². The molecule has 0 spiro atoms. The van der Waals surface area contributed by atoms with Gasteiger partial charge >= 0.3 is 0 Å². The van der Waals surface area contributed by atoms with Crippen molar-refractivity contribution in [1.29, 1.82) is 0 Å². The highest BCUT2D eigenvalue weighted by Gasteiger charge is 2.16. The van der Waals surface area contributed by atoms with Gasteiger partial charge in [-0.15, -0.1) is 11.3 Å². The fourth-order valence-corrected chi connectivity index (χ4v) is 3.78. The van der Waals surface area contributed by atoms with E-state index in [4.69, 9.17) is 4.98 Å². The number of aromatic amines is 1. The standard InChI is InChI=1S/C15H17N5S/c1-2-4-11(5-3-1)18-15-19-12-6-7-21-14(12)13(20-15)10-8-16-17-9-10/h6-9,11H,1-5H2,(H,16,17)(H,18,19,20). The van der Waals surface area contributed by atoms with Crippen molar-refractivity contribution in [2.45, 2.75) is 38.1 Å².